The largest absolute Gasteiger partial charge is 0.439 e. The van der Waals surface area contributed by atoms with Crippen LogP contribution in [0.1, 0.15) is 32.3 Å². The molecule has 2 aromatic carbocycles. The van der Waals surface area contributed by atoms with Gasteiger partial charge in [0.1, 0.15) is 17.3 Å². The maximum atomic E-state index is 13.3. The van der Waals surface area contributed by atoms with Crippen LogP contribution >= 0.6 is 0 Å². The molecular weight excluding hydrogens is 381 g/mol. The molecule has 1 aromatic heterocycles. The molecule has 0 aliphatic heterocycles. The second-order valence-corrected chi connectivity index (χ2v) is 7.48. The van der Waals surface area contributed by atoms with Crippen LogP contribution in [0.5, 0.6) is 11.6 Å². The van der Waals surface area contributed by atoms with Gasteiger partial charge in [0, 0.05) is 25.7 Å². The van der Waals surface area contributed by atoms with E-state index in [2.05, 4.69) is 11.8 Å². The van der Waals surface area contributed by atoms with E-state index < -0.39 is 0 Å². The number of aliphatic hydroxyl groups is 1. The summed E-state index contributed by atoms with van der Waals surface area (Å²) in [5.41, 5.74) is 2.80. The molecule has 1 heterocycles. The Bertz CT molecular complexity index is 926. The van der Waals surface area contributed by atoms with Crippen LogP contribution in [0.4, 0.5) is 4.39 Å². The van der Waals surface area contributed by atoms with Gasteiger partial charge in [0.2, 0.25) is 5.88 Å². The summed E-state index contributed by atoms with van der Waals surface area (Å²) < 4.78 is 21.2. The molecule has 30 heavy (non-hydrogen) atoms. The summed E-state index contributed by atoms with van der Waals surface area (Å²) in [5, 5.41) is 15.0. The van der Waals surface area contributed by atoms with Gasteiger partial charge in [0.05, 0.1) is 11.7 Å². The monoisotopic (exact) mass is 411 g/mol. The quantitative estimate of drug-likeness (QED) is 0.510. The zero-order valence-electron chi connectivity index (χ0n) is 17.9. The number of rotatable bonds is 10. The van der Waals surface area contributed by atoms with Gasteiger partial charge in [0.25, 0.3) is 0 Å². The Kier molecular flexibility index (Phi) is 7.60. The lowest BCUT2D eigenvalue weighted by molar-refractivity contribution is 0.105. The number of nitrogens with zero attached hydrogens (tertiary/aromatic N) is 3. The molecule has 3 rings (SSSR count). The molecule has 0 saturated heterocycles. The van der Waals surface area contributed by atoms with E-state index in [0.29, 0.717) is 31.1 Å². The van der Waals surface area contributed by atoms with E-state index in [1.54, 1.807) is 16.8 Å². The predicted molar refractivity (Wildman–Crippen MR) is 117 cm³/mol. The van der Waals surface area contributed by atoms with Gasteiger partial charge in [-0.1, -0.05) is 44.2 Å². The van der Waals surface area contributed by atoms with Crippen molar-refractivity contribution in [2.45, 2.75) is 39.3 Å². The average molecular weight is 412 g/mol. The first-order valence-corrected chi connectivity index (χ1v) is 10.5. The summed E-state index contributed by atoms with van der Waals surface area (Å²) >= 11 is 0. The molecule has 0 bridgehead atoms. The van der Waals surface area contributed by atoms with Crippen LogP contribution in [0, 0.1) is 5.82 Å². The lowest BCUT2D eigenvalue weighted by atomic mass is 10.1. The van der Waals surface area contributed by atoms with Crippen LogP contribution in [0.3, 0.4) is 0 Å². The van der Waals surface area contributed by atoms with Gasteiger partial charge in [0.15, 0.2) is 0 Å². The highest BCUT2D eigenvalue weighted by molar-refractivity contribution is 5.65. The first-order valence-electron chi connectivity index (χ1n) is 10.5. The Balaban J connectivity index is 2.00. The van der Waals surface area contributed by atoms with Crippen LogP contribution in [0.2, 0.25) is 0 Å². The van der Waals surface area contributed by atoms with Crippen LogP contribution in [0.15, 0.2) is 54.6 Å². The SMILES string of the molecule is CCCN(Cc1c(-c2ccccc2)nn(C)c1Oc1ccc(F)cc1)C[C@H](O)CC. The van der Waals surface area contributed by atoms with Crippen molar-refractivity contribution in [2.75, 3.05) is 13.1 Å². The predicted octanol–water partition coefficient (Wildman–Crippen LogP) is 5.00. The van der Waals surface area contributed by atoms with Gasteiger partial charge in [-0.2, -0.15) is 5.10 Å². The summed E-state index contributed by atoms with van der Waals surface area (Å²) in [6.45, 7) is 6.15. The first kappa shape index (κ1) is 22.0. The van der Waals surface area contributed by atoms with Gasteiger partial charge in [-0.05, 0) is 43.7 Å². The molecule has 0 radical (unpaired) electrons. The average Bonchev–Trinajstić information content (AvgIpc) is 3.05. The standard InChI is InChI=1S/C24H30FN3O2/c1-4-15-28(16-20(29)5-2)17-22-23(18-9-7-6-8-10-18)26-27(3)24(22)30-21-13-11-19(25)12-14-21/h6-14,20,29H,4-5,15-17H2,1-3H3/t20-/m1/s1. The van der Waals surface area contributed by atoms with Crippen LogP contribution < -0.4 is 4.74 Å². The first-order chi connectivity index (χ1) is 14.5. The summed E-state index contributed by atoms with van der Waals surface area (Å²) in [6.07, 6.45) is 1.30. The topological polar surface area (TPSA) is 50.5 Å². The molecule has 6 heteroatoms. The Morgan fingerprint density at radius 3 is 2.43 bits per heavy atom. The van der Waals surface area contributed by atoms with Crippen molar-refractivity contribution in [2.24, 2.45) is 7.05 Å². The number of hydrogen-bond donors (Lipinski definition) is 1. The van der Waals surface area contributed by atoms with Crippen molar-refractivity contribution in [1.29, 1.82) is 0 Å². The third-order valence-electron chi connectivity index (χ3n) is 5.03. The molecule has 0 fully saturated rings. The van der Waals surface area contributed by atoms with E-state index >= 15 is 0 Å². The Morgan fingerprint density at radius 1 is 1.10 bits per heavy atom. The van der Waals surface area contributed by atoms with E-state index in [1.807, 2.05) is 44.3 Å². The molecule has 0 saturated carbocycles. The molecule has 0 aliphatic rings. The third-order valence-corrected chi connectivity index (χ3v) is 5.03. The van der Waals surface area contributed by atoms with Crippen molar-refractivity contribution in [1.82, 2.24) is 14.7 Å². The molecule has 5 nitrogen and oxygen atoms in total. The number of aromatic nitrogens is 2. The van der Waals surface area contributed by atoms with Crippen molar-refractivity contribution in [3.8, 4) is 22.9 Å². The van der Waals surface area contributed by atoms with Crippen molar-refractivity contribution >= 4 is 0 Å². The fourth-order valence-electron chi connectivity index (χ4n) is 3.47. The third kappa shape index (κ3) is 5.46. The second kappa shape index (κ2) is 10.4. The van der Waals surface area contributed by atoms with E-state index in [1.165, 1.54) is 12.1 Å². The van der Waals surface area contributed by atoms with Crippen molar-refractivity contribution < 1.29 is 14.2 Å². The van der Waals surface area contributed by atoms with E-state index in [0.717, 1.165) is 29.8 Å². The highest BCUT2D eigenvalue weighted by atomic mass is 19.1. The molecule has 0 aliphatic carbocycles. The molecule has 3 aromatic rings. The van der Waals surface area contributed by atoms with Crippen molar-refractivity contribution in [3.63, 3.8) is 0 Å². The van der Waals surface area contributed by atoms with Gasteiger partial charge < -0.3 is 9.84 Å². The minimum Gasteiger partial charge on any atom is -0.439 e. The Morgan fingerprint density at radius 2 is 1.80 bits per heavy atom. The zero-order valence-corrected chi connectivity index (χ0v) is 17.9. The zero-order chi connectivity index (χ0) is 21.5. The minimum atomic E-state index is -0.380. The molecule has 1 atom stereocenters. The molecule has 1 N–H and O–H groups in total. The molecule has 0 spiro atoms. The van der Waals surface area contributed by atoms with E-state index in [-0.39, 0.29) is 11.9 Å². The number of aryl methyl sites for hydroxylation is 1. The lowest BCUT2D eigenvalue weighted by Crippen LogP contribution is -2.32. The molecule has 160 valence electrons. The summed E-state index contributed by atoms with van der Waals surface area (Å²) in [6, 6.07) is 16.0. The highest BCUT2D eigenvalue weighted by Gasteiger charge is 2.23. The van der Waals surface area contributed by atoms with E-state index in [9.17, 15) is 9.50 Å². The maximum Gasteiger partial charge on any atom is 0.222 e. The lowest BCUT2D eigenvalue weighted by Gasteiger charge is -2.24. The Labute approximate surface area is 177 Å². The number of benzene rings is 2. The fraction of sp³-hybridized carbons (Fsp3) is 0.375. The fourth-order valence-corrected chi connectivity index (χ4v) is 3.47. The van der Waals surface area contributed by atoms with Crippen molar-refractivity contribution in [3.05, 3.63) is 66.0 Å². The summed E-state index contributed by atoms with van der Waals surface area (Å²) in [4.78, 5) is 2.23. The number of hydrogen-bond acceptors (Lipinski definition) is 4. The van der Waals surface area contributed by atoms with Crippen LogP contribution in [0.25, 0.3) is 11.3 Å². The number of halogens is 1. The summed E-state index contributed by atoms with van der Waals surface area (Å²) in [5.74, 6) is 0.865. The maximum absolute atomic E-state index is 13.3. The number of ether oxygens (including phenoxy) is 1. The van der Waals surface area contributed by atoms with Gasteiger partial charge >= 0.3 is 0 Å². The Hall–Kier alpha value is -2.70. The molecule has 0 unspecified atom stereocenters. The van der Waals surface area contributed by atoms with Crippen LogP contribution in [-0.4, -0.2) is 39.0 Å². The highest BCUT2D eigenvalue weighted by Crippen LogP contribution is 2.34. The molecular formula is C24H30FN3O2. The normalized spacial score (nSPS) is 12.3. The number of aliphatic hydroxyl groups excluding tert-OH is 1. The van der Waals surface area contributed by atoms with E-state index in [4.69, 9.17) is 9.84 Å². The smallest absolute Gasteiger partial charge is 0.222 e. The second-order valence-electron chi connectivity index (χ2n) is 7.48. The van der Waals surface area contributed by atoms with Gasteiger partial charge in [-0.15, -0.1) is 0 Å². The summed E-state index contributed by atoms with van der Waals surface area (Å²) in [7, 11) is 1.85. The van der Waals surface area contributed by atoms with Gasteiger partial charge in [-0.25, -0.2) is 9.07 Å². The minimum absolute atomic E-state index is 0.305. The molecule has 0 amide bonds. The van der Waals surface area contributed by atoms with Crippen LogP contribution in [-0.2, 0) is 13.6 Å². The van der Waals surface area contributed by atoms with Gasteiger partial charge in [-0.3, -0.25) is 4.90 Å².